The number of nitrogens with two attached hydrogens (primary N) is 1. The van der Waals surface area contributed by atoms with Crippen molar-refractivity contribution in [1.82, 2.24) is 24.5 Å². The van der Waals surface area contributed by atoms with Crippen molar-refractivity contribution in [2.24, 2.45) is 7.05 Å². The SMILES string of the molecule is Cn1cc(N)c(Sc2n[nH]c(=O)n2C2CC2)n1. The Kier molecular flexibility index (Phi) is 2.25. The Morgan fingerprint density at radius 1 is 1.59 bits per heavy atom. The van der Waals surface area contributed by atoms with Crippen LogP contribution in [0.1, 0.15) is 18.9 Å². The minimum Gasteiger partial charge on any atom is -0.395 e. The second-order valence-corrected chi connectivity index (χ2v) is 5.03. The predicted molar refractivity (Wildman–Crippen MR) is 62.9 cm³/mol. The van der Waals surface area contributed by atoms with Crippen molar-refractivity contribution in [3.8, 4) is 0 Å². The zero-order chi connectivity index (χ0) is 12.0. The van der Waals surface area contributed by atoms with E-state index in [0.717, 1.165) is 12.8 Å². The third-order valence-corrected chi connectivity index (χ3v) is 3.57. The minimum absolute atomic E-state index is 0.162. The van der Waals surface area contributed by atoms with Crippen LogP contribution in [0, 0.1) is 0 Å². The molecule has 2 heterocycles. The number of aryl methyl sites for hydroxylation is 1. The number of nitrogens with zero attached hydrogens (tertiary/aromatic N) is 4. The summed E-state index contributed by atoms with van der Waals surface area (Å²) >= 11 is 1.31. The summed E-state index contributed by atoms with van der Waals surface area (Å²) in [4.78, 5) is 11.6. The first-order valence-corrected chi connectivity index (χ1v) is 6.10. The molecule has 0 aliphatic heterocycles. The molecule has 0 atom stereocenters. The monoisotopic (exact) mass is 252 g/mol. The lowest BCUT2D eigenvalue weighted by Crippen LogP contribution is -2.16. The molecule has 3 N–H and O–H groups in total. The van der Waals surface area contributed by atoms with Gasteiger partial charge in [-0.05, 0) is 24.6 Å². The van der Waals surface area contributed by atoms with Crippen LogP contribution < -0.4 is 11.4 Å². The van der Waals surface area contributed by atoms with E-state index in [0.29, 0.717) is 15.9 Å². The molecule has 2 aromatic rings. The van der Waals surface area contributed by atoms with Crippen molar-refractivity contribution in [2.45, 2.75) is 29.1 Å². The molecule has 1 fully saturated rings. The van der Waals surface area contributed by atoms with Gasteiger partial charge in [-0.15, -0.1) is 5.10 Å². The molecule has 0 aromatic carbocycles. The number of rotatable bonds is 3. The Labute approximate surface area is 101 Å². The predicted octanol–water partition coefficient (Wildman–Crippen LogP) is 0.373. The Morgan fingerprint density at radius 2 is 2.35 bits per heavy atom. The fraction of sp³-hybridized carbons (Fsp3) is 0.444. The fourth-order valence-electron chi connectivity index (χ4n) is 1.67. The molecule has 2 aromatic heterocycles. The van der Waals surface area contributed by atoms with Crippen molar-refractivity contribution in [3.05, 3.63) is 16.7 Å². The fourth-order valence-corrected chi connectivity index (χ4v) is 2.60. The van der Waals surface area contributed by atoms with Gasteiger partial charge in [0.05, 0.1) is 5.69 Å². The second-order valence-electron chi connectivity index (χ2n) is 4.08. The largest absolute Gasteiger partial charge is 0.395 e. The quantitative estimate of drug-likeness (QED) is 0.823. The van der Waals surface area contributed by atoms with Gasteiger partial charge >= 0.3 is 5.69 Å². The highest BCUT2D eigenvalue weighted by molar-refractivity contribution is 7.99. The van der Waals surface area contributed by atoms with E-state index in [4.69, 9.17) is 5.73 Å². The lowest BCUT2D eigenvalue weighted by Gasteiger charge is -2.01. The van der Waals surface area contributed by atoms with E-state index in [9.17, 15) is 4.79 Å². The maximum Gasteiger partial charge on any atom is 0.344 e. The first-order chi connectivity index (χ1) is 8.15. The molecule has 3 rings (SSSR count). The number of hydrogen-bond acceptors (Lipinski definition) is 5. The summed E-state index contributed by atoms with van der Waals surface area (Å²) in [6.07, 6.45) is 3.80. The van der Waals surface area contributed by atoms with Gasteiger partial charge in [0, 0.05) is 19.3 Å². The molecule has 0 amide bonds. The van der Waals surface area contributed by atoms with Crippen LogP contribution in [0.25, 0.3) is 0 Å². The van der Waals surface area contributed by atoms with Crippen LogP contribution >= 0.6 is 11.8 Å². The van der Waals surface area contributed by atoms with E-state index in [1.54, 1.807) is 22.5 Å². The van der Waals surface area contributed by atoms with Crippen LogP contribution in [0.2, 0.25) is 0 Å². The van der Waals surface area contributed by atoms with Crippen LogP contribution in [-0.4, -0.2) is 24.5 Å². The summed E-state index contributed by atoms with van der Waals surface area (Å²) in [5, 5.41) is 12.0. The molecule has 0 bridgehead atoms. The molecule has 1 aliphatic rings. The molecule has 1 aliphatic carbocycles. The minimum atomic E-state index is -0.162. The standard InChI is InChI=1S/C9H12N6OS/c1-14-4-6(10)7(13-14)17-9-12-11-8(16)15(9)5-2-3-5/h4-5H,2-3,10H2,1H3,(H,11,16). The van der Waals surface area contributed by atoms with Crippen molar-refractivity contribution >= 4 is 17.4 Å². The third kappa shape index (κ3) is 1.84. The number of aromatic amines is 1. The van der Waals surface area contributed by atoms with Crippen molar-refractivity contribution < 1.29 is 0 Å². The van der Waals surface area contributed by atoms with E-state index >= 15 is 0 Å². The van der Waals surface area contributed by atoms with Crippen LogP contribution in [0.4, 0.5) is 5.69 Å². The van der Waals surface area contributed by atoms with Crippen LogP contribution in [0.3, 0.4) is 0 Å². The molecular formula is C9H12N6OS. The zero-order valence-electron chi connectivity index (χ0n) is 9.25. The molecule has 7 nitrogen and oxygen atoms in total. The van der Waals surface area contributed by atoms with Crippen molar-refractivity contribution in [3.63, 3.8) is 0 Å². The number of nitrogens with one attached hydrogen (secondary N) is 1. The van der Waals surface area contributed by atoms with Gasteiger partial charge < -0.3 is 5.73 Å². The molecule has 0 radical (unpaired) electrons. The van der Waals surface area contributed by atoms with Gasteiger partial charge in [0.1, 0.15) is 5.03 Å². The molecule has 0 saturated heterocycles. The van der Waals surface area contributed by atoms with Gasteiger partial charge in [0.15, 0.2) is 5.16 Å². The van der Waals surface area contributed by atoms with Crippen LogP contribution in [-0.2, 0) is 7.05 Å². The summed E-state index contributed by atoms with van der Waals surface area (Å²) in [7, 11) is 1.80. The highest BCUT2D eigenvalue weighted by Crippen LogP contribution is 2.38. The average molecular weight is 252 g/mol. The molecule has 90 valence electrons. The highest BCUT2D eigenvalue weighted by atomic mass is 32.2. The smallest absolute Gasteiger partial charge is 0.344 e. The van der Waals surface area contributed by atoms with E-state index in [-0.39, 0.29) is 11.7 Å². The van der Waals surface area contributed by atoms with E-state index < -0.39 is 0 Å². The third-order valence-electron chi connectivity index (χ3n) is 2.59. The first-order valence-electron chi connectivity index (χ1n) is 5.29. The second kappa shape index (κ2) is 3.66. The lowest BCUT2D eigenvalue weighted by atomic mass is 10.6. The maximum atomic E-state index is 11.6. The summed E-state index contributed by atoms with van der Waals surface area (Å²) in [5.74, 6) is 0. The van der Waals surface area contributed by atoms with Crippen molar-refractivity contribution in [1.29, 1.82) is 0 Å². The molecule has 17 heavy (non-hydrogen) atoms. The Bertz CT molecular complexity index is 607. The molecule has 1 saturated carbocycles. The van der Waals surface area contributed by atoms with E-state index in [1.807, 2.05) is 0 Å². The van der Waals surface area contributed by atoms with Crippen LogP contribution in [0.5, 0.6) is 0 Å². The molecule has 0 unspecified atom stereocenters. The Hall–Kier alpha value is -1.70. The normalized spacial score (nSPS) is 15.4. The number of aromatic nitrogens is 5. The lowest BCUT2D eigenvalue weighted by molar-refractivity contribution is 0.641. The Balaban J connectivity index is 1.95. The highest BCUT2D eigenvalue weighted by Gasteiger charge is 2.29. The summed E-state index contributed by atoms with van der Waals surface area (Å²) in [5.41, 5.74) is 6.24. The summed E-state index contributed by atoms with van der Waals surface area (Å²) in [6.45, 7) is 0. The van der Waals surface area contributed by atoms with Gasteiger partial charge in [-0.2, -0.15) is 5.10 Å². The first kappa shape index (κ1) is 10.5. The van der Waals surface area contributed by atoms with E-state index in [1.165, 1.54) is 11.8 Å². The number of hydrogen-bond donors (Lipinski definition) is 2. The van der Waals surface area contributed by atoms with Gasteiger partial charge in [-0.25, -0.2) is 9.89 Å². The van der Waals surface area contributed by atoms with Crippen molar-refractivity contribution in [2.75, 3.05) is 5.73 Å². The van der Waals surface area contributed by atoms with Crippen LogP contribution in [0.15, 0.2) is 21.2 Å². The number of anilines is 1. The number of nitrogen functional groups attached to an aromatic ring is 1. The van der Waals surface area contributed by atoms with Gasteiger partial charge in [0.25, 0.3) is 0 Å². The number of H-pyrrole nitrogens is 1. The van der Waals surface area contributed by atoms with Gasteiger partial charge in [0.2, 0.25) is 0 Å². The van der Waals surface area contributed by atoms with E-state index in [2.05, 4.69) is 15.3 Å². The summed E-state index contributed by atoms with van der Waals surface area (Å²) in [6, 6.07) is 0.286. The maximum absolute atomic E-state index is 11.6. The topological polar surface area (TPSA) is 94.5 Å². The Morgan fingerprint density at radius 3 is 2.94 bits per heavy atom. The molecule has 8 heteroatoms. The average Bonchev–Trinajstić information content (AvgIpc) is 2.96. The van der Waals surface area contributed by atoms with Gasteiger partial charge in [-0.3, -0.25) is 9.25 Å². The summed E-state index contributed by atoms with van der Waals surface area (Å²) < 4.78 is 3.32. The zero-order valence-corrected chi connectivity index (χ0v) is 10.1. The molecule has 0 spiro atoms. The van der Waals surface area contributed by atoms with Gasteiger partial charge in [-0.1, -0.05) is 0 Å². The molecular weight excluding hydrogens is 240 g/mol.